The molecule has 0 saturated carbocycles. The maximum atomic E-state index is 13.4. The summed E-state index contributed by atoms with van der Waals surface area (Å²) in [6.45, 7) is 1.88. The second-order valence-corrected chi connectivity index (χ2v) is 3.78. The number of phenols is 1. The van der Waals surface area contributed by atoms with Gasteiger partial charge in [0.1, 0.15) is 23.0 Å². The second kappa shape index (κ2) is 4.87. The quantitative estimate of drug-likeness (QED) is 0.870. The largest absolute Gasteiger partial charge is 0.508 e. The van der Waals surface area contributed by atoms with E-state index in [1.807, 2.05) is 0 Å². The first-order chi connectivity index (χ1) is 8.56. The Morgan fingerprint density at radius 2 is 2.28 bits per heavy atom. The number of carbonyl (C=O) groups excluding carboxylic acids is 1. The van der Waals surface area contributed by atoms with Crippen molar-refractivity contribution in [1.29, 1.82) is 0 Å². The lowest BCUT2D eigenvalue weighted by atomic mass is 10.2. The standard InChI is InChI=1S/C12H11FN2O3/c1-7-4-8(15-18-7)6-14-12(17)10-3-2-9(16)5-11(10)13/h2-5,16H,6H2,1H3,(H,14,17). The van der Waals surface area contributed by atoms with Crippen molar-refractivity contribution in [3.8, 4) is 5.75 Å². The second-order valence-electron chi connectivity index (χ2n) is 3.78. The molecule has 0 unspecified atom stereocenters. The Labute approximate surface area is 102 Å². The Morgan fingerprint density at radius 1 is 1.50 bits per heavy atom. The van der Waals surface area contributed by atoms with Crippen LogP contribution in [0.2, 0.25) is 0 Å². The summed E-state index contributed by atoms with van der Waals surface area (Å²) >= 11 is 0. The number of nitrogens with zero attached hydrogens (tertiary/aromatic N) is 1. The van der Waals surface area contributed by atoms with Gasteiger partial charge in [-0.15, -0.1) is 0 Å². The Morgan fingerprint density at radius 3 is 2.89 bits per heavy atom. The van der Waals surface area contributed by atoms with Crippen LogP contribution in [0.25, 0.3) is 0 Å². The van der Waals surface area contributed by atoms with Crippen LogP contribution in [0.3, 0.4) is 0 Å². The van der Waals surface area contributed by atoms with E-state index in [1.165, 1.54) is 12.1 Å². The van der Waals surface area contributed by atoms with Crippen LogP contribution in [0.15, 0.2) is 28.8 Å². The highest BCUT2D eigenvalue weighted by Crippen LogP contribution is 2.15. The summed E-state index contributed by atoms with van der Waals surface area (Å²) in [5, 5.41) is 15.2. The molecule has 0 aliphatic carbocycles. The molecule has 0 atom stereocenters. The topological polar surface area (TPSA) is 75.4 Å². The Bertz CT molecular complexity index is 580. The van der Waals surface area contributed by atoms with Crippen LogP contribution in [-0.2, 0) is 6.54 Å². The molecule has 0 spiro atoms. The molecule has 2 rings (SSSR count). The van der Waals surface area contributed by atoms with E-state index in [0.29, 0.717) is 11.5 Å². The predicted octanol–water partition coefficient (Wildman–Crippen LogP) is 1.76. The van der Waals surface area contributed by atoms with E-state index in [9.17, 15) is 9.18 Å². The minimum absolute atomic E-state index is 0.131. The van der Waals surface area contributed by atoms with Gasteiger partial charge in [0.2, 0.25) is 0 Å². The van der Waals surface area contributed by atoms with Gasteiger partial charge in [-0.3, -0.25) is 4.79 Å². The number of carbonyl (C=O) groups is 1. The molecule has 1 heterocycles. The normalized spacial score (nSPS) is 10.3. The predicted molar refractivity (Wildman–Crippen MR) is 60.5 cm³/mol. The summed E-state index contributed by atoms with van der Waals surface area (Å²) in [4.78, 5) is 11.7. The first-order valence-electron chi connectivity index (χ1n) is 5.25. The molecule has 94 valence electrons. The van der Waals surface area contributed by atoms with E-state index in [4.69, 9.17) is 9.63 Å². The molecule has 18 heavy (non-hydrogen) atoms. The highest BCUT2D eigenvalue weighted by Gasteiger charge is 2.12. The van der Waals surface area contributed by atoms with Crippen molar-refractivity contribution in [3.05, 3.63) is 47.1 Å². The van der Waals surface area contributed by atoms with E-state index in [1.54, 1.807) is 13.0 Å². The third-order valence-electron chi connectivity index (χ3n) is 2.30. The summed E-state index contributed by atoms with van der Waals surface area (Å²) in [5.74, 6) is -0.941. The van der Waals surface area contributed by atoms with Gasteiger partial charge in [0.15, 0.2) is 0 Å². The third-order valence-corrected chi connectivity index (χ3v) is 2.30. The maximum absolute atomic E-state index is 13.4. The SMILES string of the molecule is Cc1cc(CNC(=O)c2ccc(O)cc2F)no1. The number of rotatable bonds is 3. The number of hydrogen-bond acceptors (Lipinski definition) is 4. The molecule has 2 N–H and O–H groups in total. The molecule has 0 saturated heterocycles. The van der Waals surface area contributed by atoms with E-state index in [-0.39, 0.29) is 17.9 Å². The average molecular weight is 250 g/mol. The molecule has 0 aliphatic heterocycles. The Hall–Kier alpha value is -2.37. The fraction of sp³-hybridized carbons (Fsp3) is 0.167. The molecule has 6 heteroatoms. The molecular weight excluding hydrogens is 239 g/mol. The summed E-state index contributed by atoms with van der Waals surface area (Å²) in [7, 11) is 0. The zero-order valence-electron chi connectivity index (χ0n) is 9.61. The van der Waals surface area contributed by atoms with Crippen LogP contribution >= 0.6 is 0 Å². The van der Waals surface area contributed by atoms with Crippen LogP contribution in [0.1, 0.15) is 21.8 Å². The van der Waals surface area contributed by atoms with Crippen LogP contribution in [0.5, 0.6) is 5.75 Å². The van der Waals surface area contributed by atoms with E-state index >= 15 is 0 Å². The first-order valence-corrected chi connectivity index (χ1v) is 5.25. The molecule has 1 amide bonds. The third kappa shape index (κ3) is 2.65. The molecule has 5 nitrogen and oxygen atoms in total. The van der Waals surface area contributed by atoms with Crippen molar-refractivity contribution in [1.82, 2.24) is 10.5 Å². The van der Waals surface area contributed by atoms with Gasteiger partial charge in [-0.05, 0) is 19.1 Å². The van der Waals surface area contributed by atoms with E-state index < -0.39 is 11.7 Å². The summed E-state index contributed by atoms with van der Waals surface area (Å²) in [6.07, 6.45) is 0. The smallest absolute Gasteiger partial charge is 0.254 e. The fourth-order valence-corrected chi connectivity index (χ4v) is 1.46. The molecule has 2 aromatic rings. The van der Waals surface area contributed by atoms with Crippen molar-refractivity contribution < 1.29 is 18.8 Å². The first kappa shape index (κ1) is 12.1. The van der Waals surface area contributed by atoms with Crippen LogP contribution in [-0.4, -0.2) is 16.2 Å². The Kier molecular flexibility index (Phi) is 3.27. The summed E-state index contributed by atoms with van der Waals surface area (Å²) < 4.78 is 18.2. The number of halogens is 1. The Balaban J connectivity index is 2.03. The minimum Gasteiger partial charge on any atom is -0.508 e. The monoisotopic (exact) mass is 250 g/mol. The lowest BCUT2D eigenvalue weighted by Gasteiger charge is -2.04. The van der Waals surface area contributed by atoms with Gasteiger partial charge in [0.25, 0.3) is 5.91 Å². The molecule has 0 fully saturated rings. The van der Waals surface area contributed by atoms with Crippen LogP contribution < -0.4 is 5.32 Å². The number of amides is 1. The average Bonchev–Trinajstić information content (AvgIpc) is 2.72. The molecule has 1 aromatic carbocycles. The van der Waals surface area contributed by atoms with Crippen molar-refractivity contribution in [3.63, 3.8) is 0 Å². The molecular formula is C12H11FN2O3. The summed E-state index contributed by atoms with van der Waals surface area (Å²) in [5.41, 5.74) is 0.424. The van der Waals surface area contributed by atoms with Gasteiger partial charge >= 0.3 is 0 Å². The molecule has 1 aromatic heterocycles. The maximum Gasteiger partial charge on any atom is 0.254 e. The number of aromatic nitrogens is 1. The van der Waals surface area contributed by atoms with Crippen LogP contribution in [0.4, 0.5) is 4.39 Å². The van der Waals surface area contributed by atoms with Gasteiger partial charge in [-0.25, -0.2) is 4.39 Å². The molecule has 0 aliphatic rings. The number of nitrogens with one attached hydrogen (secondary N) is 1. The zero-order valence-corrected chi connectivity index (χ0v) is 9.61. The van der Waals surface area contributed by atoms with Crippen LogP contribution in [0, 0.1) is 12.7 Å². The lowest BCUT2D eigenvalue weighted by Crippen LogP contribution is -2.23. The van der Waals surface area contributed by atoms with Gasteiger partial charge in [0, 0.05) is 12.1 Å². The van der Waals surface area contributed by atoms with Gasteiger partial charge in [-0.2, -0.15) is 0 Å². The van der Waals surface area contributed by atoms with Gasteiger partial charge in [-0.1, -0.05) is 5.16 Å². The summed E-state index contributed by atoms with van der Waals surface area (Å²) in [6, 6.07) is 5.02. The van der Waals surface area contributed by atoms with Crippen molar-refractivity contribution in [2.75, 3.05) is 0 Å². The number of benzene rings is 1. The fourth-order valence-electron chi connectivity index (χ4n) is 1.46. The van der Waals surface area contributed by atoms with Gasteiger partial charge < -0.3 is 14.9 Å². The number of phenolic OH excluding ortho intramolecular Hbond substituents is 1. The minimum atomic E-state index is -0.774. The number of hydrogen-bond donors (Lipinski definition) is 2. The van der Waals surface area contributed by atoms with Gasteiger partial charge in [0.05, 0.1) is 12.1 Å². The number of aromatic hydroxyl groups is 1. The van der Waals surface area contributed by atoms with Crippen molar-refractivity contribution in [2.24, 2.45) is 0 Å². The molecule has 0 bridgehead atoms. The van der Waals surface area contributed by atoms with E-state index in [0.717, 1.165) is 6.07 Å². The zero-order chi connectivity index (χ0) is 13.1. The highest BCUT2D eigenvalue weighted by atomic mass is 19.1. The molecule has 0 radical (unpaired) electrons. The van der Waals surface area contributed by atoms with Crippen molar-refractivity contribution >= 4 is 5.91 Å². The van der Waals surface area contributed by atoms with Crippen molar-refractivity contribution in [2.45, 2.75) is 13.5 Å². The lowest BCUT2D eigenvalue weighted by molar-refractivity contribution is 0.0946. The number of aryl methyl sites for hydroxylation is 1. The van der Waals surface area contributed by atoms with E-state index in [2.05, 4.69) is 10.5 Å². The highest BCUT2D eigenvalue weighted by molar-refractivity contribution is 5.94.